The summed E-state index contributed by atoms with van der Waals surface area (Å²) in [5, 5.41) is 10.4. The summed E-state index contributed by atoms with van der Waals surface area (Å²) < 4.78 is 1.73. The molecule has 0 spiro atoms. The van der Waals surface area contributed by atoms with Crippen LogP contribution < -0.4 is 11.1 Å². The van der Waals surface area contributed by atoms with E-state index in [0.29, 0.717) is 12.2 Å². The van der Waals surface area contributed by atoms with E-state index in [-0.39, 0.29) is 5.91 Å². The van der Waals surface area contributed by atoms with Gasteiger partial charge in [0, 0.05) is 31.0 Å². The molecule has 20 heavy (non-hydrogen) atoms. The lowest BCUT2D eigenvalue weighted by Gasteiger charge is -2.02. The number of nitrogens with one attached hydrogen (secondary N) is 1. The number of aromatic nitrogens is 3. The van der Waals surface area contributed by atoms with Crippen molar-refractivity contribution in [1.29, 1.82) is 0 Å². The van der Waals surface area contributed by atoms with Crippen LogP contribution in [-0.2, 0) is 11.3 Å². The molecule has 0 fully saturated rings. The van der Waals surface area contributed by atoms with Gasteiger partial charge in [-0.3, -0.25) is 9.48 Å². The number of rotatable bonds is 6. The second-order valence-electron chi connectivity index (χ2n) is 4.31. The fourth-order valence-corrected chi connectivity index (χ4v) is 1.70. The quantitative estimate of drug-likeness (QED) is 0.467. The molecule has 0 unspecified atom stereocenters. The van der Waals surface area contributed by atoms with E-state index in [9.17, 15) is 4.79 Å². The van der Waals surface area contributed by atoms with Crippen LogP contribution >= 0.6 is 0 Å². The molecule has 1 amide bonds. The van der Waals surface area contributed by atoms with Gasteiger partial charge in [0.15, 0.2) is 0 Å². The number of nitrogens with zero attached hydrogens (tertiary/aromatic N) is 3. The van der Waals surface area contributed by atoms with E-state index < -0.39 is 0 Å². The van der Waals surface area contributed by atoms with Gasteiger partial charge >= 0.3 is 0 Å². The normalized spacial score (nSPS) is 10.8. The highest BCUT2D eigenvalue weighted by Gasteiger charge is 1.96. The van der Waals surface area contributed by atoms with Crippen LogP contribution in [0.1, 0.15) is 12.0 Å². The summed E-state index contributed by atoms with van der Waals surface area (Å²) in [4.78, 5) is 11.6. The van der Waals surface area contributed by atoms with Crippen LogP contribution in [0.25, 0.3) is 6.08 Å². The molecule has 2 aromatic rings. The van der Waals surface area contributed by atoms with E-state index in [1.807, 2.05) is 24.3 Å². The molecule has 1 aromatic heterocycles. The highest BCUT2D eigenvalue weighted by Crippen LogP contribution is 2.07. The molecular weight excluding hydrogens is 254 g/mol. The summed E-state index contributed by atoms with van der Waals surface area (Å²) in [6.07, 6.45) is 7.48. The first-order valence-electron chi connectivity index (χ1n) is 6.39. The van der Waals surface area contributed by atoms with Crippen molar-refractivity contribution in [2.75, 3.05) is 12.3 Å². The summed E-state index contributed by atoms with van der Waals surface area (Å²) in [5.41, 5.74) is 7.25. The number of benzene rings is 1. The summed E-state index contributed by atoms with van der Waals surface area (Å²) in [7, 11) is 0. The van der Waals surface area contributed by atoms with Crippen molar-refractivity contribution in [3.05, 3.63) is 48.3 Å². The third kappa shape index (κ3) is 4.56. The first-order valence-corrected chi connectivity index (χ1v) is 6.39. The molecular formula is C14H17N5O. The Labute approximate surface area is 117 Å². The lowest BCUT2D eigenvalue weighted by atomic mass is 10.2. The average Bonchev–Trinajstić information content (AvgIpc) is 2.95. The van der Waals surface area contributed by atoms with Gasteiger partial charge in [0.2, 0.25) is 5.91 Å². The highest BCUT2D eigenvalue weighted by atomic mass is 16.1. The lowest BCUT2D eigenvalue weighted by Crippen LogP contribution is -2.23. The van der Waals surface area contributed by atoms with Crippen LogP contribution in [0.3, 0.4) is 0 Å². The van der Waals surface area contributed by atoms with Crippen molar-refractivity contribution in [1.82, 2.24) is 20.3 Å². The number of nitrogens with two attached hydrogens (primary N) is 1. The zero-order chi connectivity index (χ0) is 14.2. The molecule has 6 heteroatoms. The van der Waals surface area contributed by atoms with Gasteiger partial charge in [-0.1, -0.05) is 17.3 Å². The SMILES string of the molecule is Nc1cccc(/C=C/C(=O)NCCCn2ccnn2)c1. The maximum atomic E-state index is 11.6. The van der Waals surface area contributed by atoms with Crippen molar-refractivity contribution in [2.45, 2.75) is 13.0 Å². The molecule has 0 aliphatic heterocycles. The zero-order valence-corrected chi connectivity index (χ0v) is 11.1. The standard InChI is InChI=1S/C14H17N5O/c15-13-4-1-3-12(11-13)5-6-14(20)16-7-2-9-19-10-8-17-18-19/h1,3-6,8,10-11H,2,7,9,15H2,(H,16,20)/b6-5+. The summed E-state index contributed by atoms with van der Waals surface area (Å²) in [6.45, 7) is 1.33. The van der Waals surface area contributed by atoms with E-state index in [4.69, 9.17) is 5.73 Å². The number of amides is 1. The lowest BCUT2D eigenvalue weighted by molar-refractivity contribution is -0.116. The van der Waals surface area contributed by atoms with Crippen molar-refractivity contribution < 1.29 is 4.79 Å². The molecule has 0 aliphatic rings. The smallest absolute Gasteiger partial charge is 0.244 e. The zero-order valence-electron chi connectivity index (χ0n) is 11.1. The molecule has 0 aliphatic carbocycles. The third-order valence-corrected chi connectivity index (χ3v) is 2.67. The van der Waals surface area contributed by atoms with Crippen LogP contribution in [0.5, 0.6) is 0 Å². The summed E-state index contributed by atoms with van der Waals surface area (Å²) >= 11 is 0. The van der Waals surface area contributed by atoms with E-state index >= 15 is 0 Å². The predicted octanol–water partition coefficient (Wildman–Crippen LogP) is 1.08. The van der Waals surface area contributed by atoms with Gasteiger partial charge in [0.05, 0.1) is 6.20 Å². The molecule has 2 rings (SSSR count). The largest absolute Gasteiger partial charge is 0.399 e. The first-order chi connectivity index (χ1) is 9.74. The molecule has 0 saturated heterocycles. The Kier molecular flexibility index (Phi) is 4.88. The summed E-state index contributed by atoms with van der Waals surface area (Å²) in [6, 6.07) is 7.37. The maximum absolute atomic E-state index is 11.6. The monoisotopic (exact) mass is 271 g/mol. The minimum Gasteiger partial charge on any atom is -0.399 e. The van der Waals surface area contributed by atoms with Crippen molar-refractivity contribution in [3.8, 4) is 0 Å². The van der Waals surface area contributed by atoms with Crippen LogP contribution in [-0.4, -0.2) is 27.4 Å². The predicted molar refractivity (Wildman–Crippen MR) is 77.5 cm³/mol. The molecule has 0 radical (unpaired) electrons. The maximum Gasteiger partial charge on any atom is 0.244 e. The fraction of sp³-hybridized carbons (Fsp3) is 0.214. The van der Waals surface area contributed by atoms with Crippen LogP contribution in [0.4, 0.5) is 5.69 Å². The molecule has 6 nitrogen and oxygen atoms in total. The number of aryl methyl sites for hydroxylation is 1. The van der Waals surface area contributed by atoms with Gasteiger partial charge < -0.3 is 11.1 Å². The van der Waals surface area contributed by atoms with E-state index in [2.05, 4.69) is 15.6 Å². The molecule has 104 valence electrons. The van der Waals surface area contributed by atoms with Crippen molar-refractivity contribution in [2.24, 2.45) is 0 Å². The minimum atomic E-state index is -0.119. The number of hydrogen-bond donors (Lipinski definition) is 2. The van der Waals surface area contributed by atoms with Gasteiger partial charge in [-0.05, 0) is 30.2 Å². The Hall–Kier alpha value is -2.63. The van der Waals surface area contributed by atoms with Crippen molar-refractivity contribution in [3.63, 3.8) is 0 Å². The number of carbonyl (C=O) groups is 1. The number of anilines is 1. The Morgan fingerprint density at radius 1 is 1.45 bits per heavy atom. The van der Waals surface area contributed by atoms with Crippen molar-refractivity contribution >= 4 is 17.7 Å². The van der Waals surface area contributed by atoms with E-state index in [1.54, 1.807) is 23.2 Å². The third-order valence-electron chi connectivity index (χ3n) is 2.67. The van der Waals surface area contributed by atoms with Crippen LogP contribution in [0.2, 0.25) is 0 Å². The van der Waals surface area contributed by atoms with E-state index in [1.165, 1.54) is 6.08 Å². The average molecular weight is 271 g/mol. The molecule has 1 aromatic carbocycles. The Bertz CT molecular complexity index is 577. The fourth-order valence-electron chi connectivity index (χ4n) is 1.70. The van der Waals surface area contributed by atoms with Gasteiger partial charge in [-0.15, -0.1) is 5.10 Å². The number of nitrogen functional groups attached to an aromatic ring is 1. The summed E-state index contributed by atoms with van der Waals surface area (Å²) in [5.74, 6) is -0.119. The molecule has 0 bridgehead atoms. The second-order valence-corrected chi connectivity index (χ2v) is 4.31. The first kappa shape index (κ1) is 13.8. The topological polar surface area (TPSA) is 85.8 Å². The van der Waals surface area contributed by atoms with E-state index in [0.717, 1.165) is 18.5 Å². The molecule has 0 atom stereocenters. The second kappa shape index (κ2) is 7.08. The highest BCUT2D eigenvalue weighted by molar-refractivity contribution is 5.91. The Balaban J connectivity index is 1.70. The minimum absolute atomic E-state index is 0.119. The molecule has 3 N–H and O–H groups in total. The van der Waals surface area contributed by atoms with Gasteiger partial charge in [-0.2, -0.15) is 0 Å². The van der Waals surface area contributed by atoms with Crippen LogP contribution in [0.15, 0.2) is 42.7 Å². The van der Waals surface area contributed by atoms with Gasteiger partial charge in [-0.25, -0.2) is 0 Å². The van der Waals surface area contributed by atoms with Gasteiger partial charge in [0.1, 0.15) is 0 Å². The van der Waals surface area contributed by atoms with Gasteiger partial charge in [0.25, 0.3) is 0 Å². The Morgan fingerprint density at radius 3 is 3.10 bits per heavy atom. The number of carbonyl (C=O) groups excluding carboxylic acids is 1. The Morgan fingerprint density at radius 2 is 2.35 bits per heavy atom. The van der Waals surface area contributed by atoms with Crippen LogP contribution in [0, 0.1) is 0 Å². The molecule has 0 saturated carbocycles. The molecule has 1 heterocycles. The number of hydrogen-bond acceptors (Lipinski definition) is 4.